The second-order valence-electron chi connectivity index (χ2n) is 7.37. The summed E-state index contributed by atoms with van der Waals surface area (Å²) in [4.78, 5) is 15.1. The first kappa shape index (κ1) is 17.8. The van der Waals surface area contributed by atoms with Crippen molar-refractivity contribution in [3.8, 4) is 0 Å². The number of non-ortho nitro benzene ring substituents is 1. The lowest BCUT2D eigenvalue weighted by Gasteiger charge is -2.36. The van der Waals surface area contributed by atoms with Gasteiger partial charge in [-0.05, 0) is 35.4 Å². The molecule has 0 radical (unpaired) electrons. The largest absolute Gasteiger partial charge is 0.369 e. The van der Waals surface area contributed by atoms with Crippen LogP contribution in [0.25, 0.3) is 0 Å². The molecule has 0 spiro atoms. The third-order valence-corrected chi connectivity index (χ3v) is 5.64. The lowest BCUT2D eigenvalue weighted by atomic mass is 9.95. The quantitative estimate of drug-likeness (QED) is 0.588. The minimum Gasteiger partial charge on any atom is -0.369 e. The first-order chi connectivity index (χ1) is 13.2. The van der Waals surface area contributed by atoms with Crippen LogP contribution in [0.5, 0.6) is 0 Å². The maximum absolute atomic E-state index is 10.8. The zero-order valence-electron chi connectivity index (χ0n) is 15.4. The Balaban J connectivity index is 1.33. The number of aromatic nitrogens is 4. The van der Waals surface area contributed by atoms with Gasteiger partial charge in [0.05, 0.1) is 17.5 Å². The molecule has 0 bridgehead atoms. The maximum Gasteiger partial charge on any atom is 0.269 e. The van der Waals surface area contributed by atoms with E-state index < -0.39 is 0 Å². The third-order valence-electron chi connectivity index (χ3n) is 5.64. The van der Waals surface area contributed by atoms with E-state index in [2.05, 4.69) is 25.3 Å². The van der Waals surface area contributed by atoms with Gasteiger partial charge in [0.1, 0.15) is 0 Å². The van der Waals surface area contributed by atoms with Crippen molar-refractivity contribution in [1.82, 2.24) is 25.1 Å². The fourth-order valence-corrected chi connectivity index (χ4v) is 4.07. The molecule has 0 amide bonds. The number of benzene rings is 1. The molecular weight excluding hydrogens is 346 g/mol. The molecule has 4 rings (SSSR count). The summed E-state index contributed by atoms with van der Waals surface area (Å²) in [5.74, 6) is 0.964. The maximum atomic E-state index is 10.8. The van der Waals surface area contributed by atoms with Crippen LogP contribution in [0.2, 0.25) is 0 Å². The Morgan fingerprint density at radius 2 is 1.74 bits per heavy atom. The molecule has 2 aromatic rings. The van der Waals surface area contributed by atoms with Crippen LogP contribution in [-0.4, -0.2) is 56.2 Å². The van der Waals surface area contributed by atoms with E-state index in [1.165, 1.54) is 32.1 Å². The number of hydrogen-bond acceptors (Lipinski definition) is 7. The SMILES string of the molecule is O=[N+]([O-])c1ccc(N2CCN(Cc3nnnn3C3CCCCC3)CC2)cc1. The molecule has 144 valence electrons. The zero-order chi connectivity index (χ0) is 18.6. The summed E-state index contributed by atoms with van der Waals surface area (Å²) in [5, 5.41) is 23.2. The first-order valence-corrected chi connectivity index (χ1v) is 9.69. The van der Waals surface area contributed by atoms with Gasteiger partial charge in [0.25, 0.3) is 5.69 Å². The molecule has 9 nitrogen and oxygen atoms in total. The van der Waals surface area contributed by atoms with Crippen molar-refractivity contribution in [2.24, 2.45) is 0 Å². The van der Waals surface area contributed by atoms with Crippen LogP contribution in [0.15, 0.2) is 24.3 Å². The molecule has 0 atom stereocenters. The Labute approximate surface area is 158 Å². The fraction of sp³-hybridized carbons (Fsp3) is 0.611. The Bertz CT molecular complexity index is 762. The fourth-order valence-electron chi connectivity index (χ4n) is 4.07. The molecule has 1 saturated carbocycles. The van der Waals surface area contributed by atoms with Gasteiger partial charge in [-0.2, -0.15) is 0 Å². The van der Waals surface area contributed by atoms with Gasteiger partial charge in [0.2, 0.25) is 0 Å². The lowest BCUT2D eigenvalue weighted by Crippen LogP contribution is -2.46. The lowest BCUT2D eigenvalue weighted by molar-refractivity contribution is -0.384. The van der Waals surface area contributed by atoms with Gasteiger partial charge in [0, 0.05) is 44.0 Å². The highest BCUT2D eigenvalue weighted by Gasteiger charge is 2.23. The minimum absolute atomic E-state index is 0.131. The average molecular weight is 371 g/mol. The minimum atomic E-state index is -0.363. The highest BCUT2D eigenvalue weighted by atomic mass is 16.6. The van der Waals surface area contributed by atoms with Gasteiger partial charge in [-0.1, -0.05) is 19.3 Å². The predicted octanol–water partition coefficient (Wildman–Crippen LogP) is 2.41. The van der Waals surface area contributed by atoms with Crippen LogP contribution in [0.4, 0.5) is 11.4 Å². The highest BCUT2D eigenvalue weighted by Crippen LogP contribution is 2.28. The summed E-state index contributed by atoms with van der Waals surface area (Å²) in [7, 11) is 0. The summed E-state index contributed by atoms with van der Waals surface area (Å²) in [6.45, 7) is 4.41. The normalized spacial score (nSPS) is 19.3. The molecule has 1 aromatic carbocycles. The van der Waals surface area contributed by atoms with E-state index in [1.807, 2.05) is 16.8 Å². The molecule has 2 fully saturated rings. The number of nitrogens with zero attached hydrogens (tertiary/aromatic N) is 7. The van der Waals surface area contributed by atoms with Crippen molar-refractivity contribution in [3.05, 3.63) is 40.2 Å². The summed E-state index contributed by atoms with van der Waals surface area (Å²) in [6, 6.07) is 7.25. The molecule has 0 N–H and O–H groups in total. The van der Waals surface area contributed by atoms with E-state index in [-0.39, 0.29) is 10.6 Å². The van der Waals surface area contributed by atoms with Crippen LogP contribution in [0, 0.1) is 10.1 Å². The van der Waals surface area contributed by atoms with Crippen LogP contribution in [0.1, 0.15) is 44.0 Å². The summed E-state index contributed by atoms with van der Waals surface area (Å²) in [6.07, 6.45) is 6.19. The molecule has 27 heavy (non-hydrogen) atoms. The Kier molecular flexibility index (Phi) is 5.28. The summed E-state index contributed by atoms with van der Waals surface area (Å²) >= 11 is 0. The van der Waals surface area contributed by atoms with E-state index in [1.54, 1.807) is 12.1 Å². The second-order valence-corrected chi connectivity index (χ2v) is 7.37. The Hall–Kier alpha value is -2.55. The smallest absolute Gasteiger partial charge is 0.269 e. The van der Waals surface area contributed by atoms with Crippen molar-refractivity contribution in [1.29, 1.82) is 0 Å². The zero-order valence-corrected chi connectivity index (χ0v) is 15.4. The van der Waals surface area contributed by atoms with E-state index in [4.69, 9.17) is 0 Å². The van der Waals surface area contributed by atoms with Crippen molar-refractivity contribution < 1.29 is 4.92 Å². The van der Waals surface area contributed by atoms with E-state index in [0.717, 1.165) is 44.2 Å². The van der Waals surface area contributed by atoms with Crippen molar-refractivity contribution in [3.63, 3.8) is 0 Å². The number of nitro benzene ring substituents is 1. The number of nitro groups is 1. The van der Waals surface area contributed by atoms with Gasteiger partial charge in [0.15, 0.2) is 5.82 Å². The van der Waals surface area contributed by atoms with Crippen molar-refractivity contribution in [2.45, 2.75) is 44.7 Å². The van der Waals surface area contributed by atoms with E-state index in [0.29, 0.717) is 6.04 Å². The van der Waals surface area contributed by atoms with Crippen LogP contribution in [0.3, 0.4) is 0 Å². The summed E-state index contributed by atoms with van der Waals surface area (Å²) < 4.78 is 2.04. The molecule has 2 heterocycles. The molecule has 1 aliphatic heterocycles. The topological polar surface area (TPSA) is 93.2 Å². The van der Waals surface area contributed by atoms with E-state index in [9.17, 15) is 10.1 Å². The standard InChI is InChI=1S/C18H25N7O2/c26-25(27)17-8-6-15(7-9-17)23-12-10-22(11-13-23)14-18-19-20-21-24(18)16-4-2-1-3-5-16/h6-9,16H,1-5,10-14H2. The second kappa shape index (κ2) is 7.99. The number of anilines is 1. The van der Waals surface area contributed by atoms with Crippen LogP contribution >= 0.6 is 0 Å². The molecule has 0 unspecified atom stereocenters. The number of piperazine rings is 1. The number of hydrogen-bond donors (Lipinski definition) is 0. The molecular formula is C18H25N7O2. The Morgan fingerprint density at radius 1 is 1.04 bits per heavy atom. The molecule has 1 aromatic heterocycles. The molecule has 1 saturated heterocycles. The Morgan fingerprint density at radius 3 is 2.41 bits per heavy atom. The van der Waals surface area contributed by atoms with Gasteiger partial charge >= 0.3 is 0 Å². The van der Waals surface area contributed by atoms with Gasteiger partial charge in [-0.15, -0.1) is 5.10 Å². The van der Waals surface area contributed by atoms with Gasteiger partial charge in [-0.3, -0.25) is 15.0 Å². The van der Waals surface area contributed by atoms with Gasteiger partial charge in [-0.25, -0.2) is 4.68 Å². The molecule has 1 aliphatic carbocycles. The van der Waals surface area contributed by atoms with Gasteiger partial charge < -0.3 is 4.90 Å². The van der Waals surface area contributed by atoms with Crippen LogP contribution in [-0.2, 0) is 6.54 Å². The summed E-state index contributed by atoms with van der Waals surface area (Å²) in [5.41, 5.74) is 1.17. The molecule has 2 aliphatic rings. The highest BCUT2D eigenvalue weighted by molar-refractivity contribution is 5.51. The monoisotopic (exact) mass is 371 g/mol. The third kappa shape index (κ3) is 4.08. The number of tetrazole rings is 1. The molecule has 9 heteroatoms. The predicted molar refractivity (Wildman–Crippen MR) is 101 cm³/mol. The van der Waals surface area contributed by atoms with Crippen LogP contribution < -0.4 is 4.90 Å². The average Bonchev–Trinajstić information content (AvgIpc) is 3.17. The van der Waals surface area contributed by atoms with Crippen molar-refractivity contribution >= 4 is 11.4 Å². The van der Waals surface area contributed by atoms with E-state index >= 15 is 0 Å². The van der Waals surface area contributed by atoms with Crippen molar-refractivity contribution in [2.75, 3.05) is 31.1 Å². The number of rotatable bonds is 5. The first-order valence-electron chi connectivity index (χ1n) is 9.69.